The Morgan fingerprint density at radius 2 is 1.27 bits per heavy atom. The van der Waals surface area contributed by atoms with E-state index in [1.54, 1.807) is 0 Å². The van der Waals surface area contributed by atoms with Gasteiger partial charge in [0.25, 0.3) is 0 Å². The molecule has 0 amide bonds. The van der Waals surface area contributed by atoms with Crippen LogP contribution in [0.25, 0.3) is 22.3 Å². The lowest BCUT2D eigenvalue weighted by Crippen LogP contribution is -2.44. The highest BCUT2D eigenvalue weighted by Crippen LogP contribution is 2.68. The Labute approximate surface area is 248 Å². The van der Waals surface area contributed by atoms with E-state index in [0.29, 0.717) is 5.75 Å². The molecule has 0 spiro atoms. The summed E-state index contributed by atoms with van der Waals surface area (Å²) in [7, 11) is -0.604. The van der Waals surface area contributed by atoms with E-state index in [2.05, 4.69) is 139 Å². The third-order valence-electron chi connectivity index (χ3n) is 8.77. The molecule has 2 unspecified atom stereocenters. The fourth-order valence-electron chi connectivity index (χ4n) is 6.66. The van der Waals surface area contributed by atoms with Crippen molar-refractivity contribution in [3.8, 4) is 28.0 Å². The van der Waals surface area contributed by atoms with Gasteiger partial charge in [-0.15, -0.1) is 0 Å². The second-order valence-electron chi connectivity index (χ2n) is 13.6. The molecule has 2 nitrogen and oxygen atoms in total. The zero-order valence-corrected chi connectivity index (χ0v) is 26.8. The maximum Gasteiger partial charge on any atom is 0.122 e. The average molecular weight is 562 g/mol. The molecule has 0 bridgehead atoms. The number of hydrogen-bond acceptors (Lipinski definition) is 2. The second kappa shape index (κ2) is 10.9. The van der Waals surface area contributed by atoms with Gasteiger partial charge in [0.2, 0.25) is 0 Å². The number of rotatable bonds is 4. The molecule has 1 fully saturated rings. The third-order valence-corrected chi connectivity index (χ3v) is 12.0. The van der Waals surface area contributed by atoms with Crippen molar-refractivity contribution in [1.82, 2.24) is 0 Å². The Kier molecular flexibility index (Phi) is 7.77. The molecule has 0 aliphatic carbocycles. The summed E-state index contributed by atoms with van der Waals surface area (Å²) in [4.78, 5) is 5.89. The molecule has 41 heavy (non-hydrogen) atoms. The molecular formula is C38H44NOP. The fourth-order valence-corrected chi connectivity index (χ4v) is 9.99. The van der Waals surface area contributed by atoms with E-state index in [1.165, 1.54) is 22.1 Å². The Hall–Kier alpha value is -3.22. The number of aryl methyl sites for hydroxylation is 2. The van der Waals surface area contributed by atoms with E-state index in [-0.39, 0.29) is 10.6 Å². The number of aliphatic imine (C=N–C) groups is 1. The smallest absolute Gasteiger partial charge is 0.122 e. The molecule has 4 aromatic carbocycles. The Bertz CT molecular complexity index is 1520. The molecule has 0 aromatic heterocycles. The van der Waals surface area contributed by atoms with Crippen LogP contribution < -0.4 is 0 Å². The SMILES string of the molecule is Cc1cc(C)c(O)c(C2(C(C)(C)C)CCP(C(C)(C)C)C2=Nc2c(-c3ccccc3)cccc2-c2ccccc2)c1. The average Bonchev–Trinajstić information content (AvgIpc) is 3.32. The largest absolute Gasteiger partial charge is 0.507 e. The van der Waals surface area contributed by atoms with Crippen LogP contribution in [0.3, 0.4) is 0 Å². The van der Waals surface area contributed by atoms with Gasteiger partial charge < -0.3 is 5.11 Å². The van der Waals surface area contributed by atoms with Crippen molar-refractivity contribution in [2.75, 3.05) is 6.16 Å². The summed E-state index contributed by atoms with van der Waals surface area (Å²) in [5.74, 6) is 0.420. The van der Waals surface area contributed by atoms with Crippen molar-refractivity contribution in [2.45, 2.75) is 72.4 Å². The number of hydrogen-bond donors (Lipinski definition) is 1. The highest BCUT2D eigenvalue weighted by Gasteiger charge is 2.57. The molecule has 1 saturated heterocycles. The Morgan fingerprint density at radius 1 is 0.732 bits per heavy atom. The summed E-state index contributed by atoms with van der Waals surface area (Å²) < 4.78 is 0. The zero-order chi connectivity index (χ0) is 29.6. The number of benzene rings is 4. The minimum Gasteiger partial charge on any atom is -0.507 e. The van der Waals surface area contributed by atoms with Gasteiger partial charge in [-0.05, 0) is 53.7 Å². The summed E-state index contributed by atoms with van der Waals surface area (Å²) in [6.45, 7) is 18.3. The molecule has 4 aromatic rings. The van der Waals surface area contributed by atoms with E-state index >= 15 is 0 Å². The number of nitrogens with zero attached hydrogens (tertiary/aromatic N) is 1. The topological polar surface area (TPSA) is 32.6 Å². The van der Waals surface area contributed by atoms with E-state index in [0.717, 1.165) is 40.5 Å². The molecule has 2 atom stereocenters. The lowest BCUT2D eigenvalue weighted by atomic mass is 9.61. The van der Waals surface area contributed by atoms with Crippen LogP contribution in [0.5, 0.6) is 5.75 Å². The van der Waals surface area contributed by atoms with Gasteiger partial charge >= 0.3 is 0 Å². The van der Waals surface area contributed by atoms with Gasteiger partial charge in [-0.1, -0.05) is 146 Å². The van der Waals surface area contributed by atoms with Crippen molar-refractivity contribution in [1.29, 1.82) is 0 Å². The molecular weight excluding hydrogens is 517 g/mol. The van der Waals surface area contributed by atoms with Crippen molar-refractivity contribution >= 4 is 19.1 Å². The van der Waals surface area contributed by atoms with Gasteiger partial charge in [0.15, 0.2) is 0 Å². The Balaban J connectivity index is 1.92. The Morgan fingerprint density at radius 3 is 1.76 bits per heavy atom. The molecule has 212 valence electrons. The van der Waals surface area contributed by atoms with Crippen LogP contribution in [0.1, 0.15) is 64.7 Å². The van der Waals surface area contributed by atoms with Crippen LogP contribution >= 0.6 is 7.92 Å². The van der Waals surface area contributed by atoms with Crippen molar-refractivity contribution in [3.63, 3.8) is 0 Å². The molecule has 0 radical (unpaired) electrons. The zero-order valence-electron chi connectivity index (χ0n) is 25.9. The maximum atomic E-state index is 11.7. The van der Waals surface area contributed by atoms with Gasteiger partial charge in [0, 0.05) is 22.1 Å². The standard InChI is InChI=1S/C38H44NOP/c1-26-24-27(2)34(40)32(25-26)38(36(3,4)5)22-23-41(37(6,7)8)35(38)39-33-30(28-16-11-9-12-17-28)20-15-21-31(33)29-18-13-10-14-19-29/h9-21,24-25,40H,22-23H2,1-8H3. The normalized spacial score (nSPS) is 20.5. The van der Waals surface area contributed by atoms with E-state index in [1.807, 2.05) is 6.92 Å². The van der Waals surface area contributed by atoms with Crippen LogP contribution in [0, 0.1) is 19.3 Å². The summed E-state index contributed by atoms with van der Waals surface area (Å²) in [6, 6.07) is 32.2. The summed E-state index contributed by atoms with van der Waals surface area (Å²) in [5, 5.41) is 11.8. The lowest BCUT2D eigenvalue weighted by molar-refractivity contribution is 0.253. The monoisotopic (exact) mass is 561 g/mol. The van der Waals surface area contributed by atoms with Crippen LogP contribution in [-0.4, -0.2) is 21.9 Å². The fraction of sp³-hybridized carbons (Fsp3) is 0.342. The quantitative estimate of drug-likeness (QED) is 0.247. The first-order valence-electron chi connectivity index (χ1n) is 14.8. The molecule has 3 heteroatoms. The van der Waals surface area contributed by atoms with Gasteiger partial charge in [0.05, 0.1) is 11.1 Å². The molecule has 1 aliphatic heterocycles. The van der Waals surface area contributed by atoms with Crippen molar-refractivity contribution in [2.24, 2.45) is 10.4 Å². The first-order valence-corrected chi connectivity index (χ1v) is 16.3. The number of phenols is 1. The lowest BCUT2D eigenvalue weighted by Gasteiger charge is -2.45. The predicted molar refractivity (Wildman–Crippen MR) is 179 cm³/mol. The molecule has 5 rings (SSSR count). The van der Waals surface area contributed by atoms with E-state index < -0.39 is 13.3 Å². The van der Waals surface area contributed by atoms with Gasteiger partial charge in [-0.3, -0.25) is 4.99 Å². The number of phenolic OH excluding ortho intramolecular Hbond substituents is 1. The van der Waals surface area contributed by atoms with Crippen LogP contribution in [-0.2, 0) is 5.41 Å². The van der Waals surface area contributed by atoms with Crippen LogP contribution in [0.4, 0.5) is 5.69 Å². The highest BCUT2D eigenvalue weighted by molar-refractivity contribution is 7.77. The van der Waals surface area contributed by atoms with Crippen molar-refractivity contribution in [3.05, 3.63) is 108 Å². The van der Waals surface area contributed by atoms with E-state index in [4.69, 9.17) is 4.99 Å². The minimum atomic E-state index is -0.604. The second-order valence-corrected chi connectivity index (χ2v) is 16.6. The summed E-state index contributed by atoms with van der Waals surface area (Å²) in [5.41, 5.74) is 9.48. The van der Waals surface area contributed by atoms with Crippen LogP contribution in [0.2, 0.25) is 0 Å². The minimum absolute atomic E-state index is 0.0737. The van der Waals surface area contributed by atoms with Gasteiger partial charge in [0.1, 0.15) is 5.75 Å². The number of para-hydroxylation sites is 1. The molecule has 1 heterocycles. The van der Waals surface area contributed by atoms with Gasteiger partial charge in [-0.2, -0.15) is 0 Å². The predicted octanol–water partition coefficient (Wildman–Crippen LogP) is 11.0. The number of aromatic hydroxyl groups is 1. The summed E-state index contributed by atoms with van der Waals surface area (Å²) in [6.07, 6.45) is 2.07. The molecule has 0 saturated carbocycles. The third kappa shape index (κ3) is 5.28. The maximum absolute atomic E-state index is 11.7. The first kappa shape index (κ1) is 29.3. The molecule has 1 aliphatic rings. The highest BCUT2D eigenvalue weighted by atomic mass is 31.1. The van der Waals surface area contributed by atoms with E-state index in [9.17, 15) is 5.11 Å². The molecule has 1 N–H and O–H groups in total. The first-order chi connectivity index (χ1) is 19.3. The summed E-state index contributed by atoms with van der Waals surface area (Å²) >= 11 is 0. The van der Waals surface area contributed by atoms with Crippen molar-refractivity contribution < 1.29 is 5.11 Å². The van der Waals surface area contributed by atoms with Crippen LogP contribution in [0.15, 0.2) is 96.0 Å². The van der Waals surface area contributed by atoms with Gasteiger partial charge in [-0.25, -0.2) is 0 Å².